The Labute approximate surface area is 144 Å². The highest BCUT2D eigenvalue weighted by Crippen LogP contribution is 2.60. The van der Waals surface area contributed by atoms with Crippen LogP contribution in [0.4, 0.5) is 0 Å². The van der Waals surface area contributed by atoms with Gasteiger partial charge in [0.2, 0.25) is 6.29 Å². The number of fused-ring (bicyclic) bond motifs is 1. The van der Waals surface area contributed by atoms with Crippen LogP contribution in [0.2, 0.25) is 0 Å². The summed E-state index contributed by atoms with van der Waals surface area (Å²) in [5.41, 5.74) is 2.08. The number of hydrogen-bond acceptors (Lipinski definition) is 4. The van der Waals surface area contributed by atoms with E-state index in [-0.39, 0.29) is 11.3 Å². The van der Waals surface area contributed by atoms with Crippen LogP contribution in [-0.4, -0.2) is 28.6 Å². The molecule has 134 valence electrons. The van der Waals surface area contributed by atoms with Gasteiger partial charge >= 0.3 is 5.97 Å². The van der Waals surface area contributed by atoms with Crippen LogP contribution in [0.25, 0.3) is 0 Å². The Kier molecular flexibility index (Phi) is 4.42. The Balaban J connectivity index is 1.86. The molecule has 0 spiro atoms. The minimum atomic E-state index is -1.30. The van der Waals surface area contributed by atoms with E-state index in [1.807, 2.05) is 0 Å². The first-order valence-electron chi connectivity index (χ1n) is 9.10. The van der Waals surface area contributed by atoms with E-state index in [9.17, 15) is 15.0 Å². The summed E-state index contributed by atoms with van der Waals surface area (Å²) in [6, 6.07) is 0. The van der Waals surface area contributed by atoms with Crippen LogP contribution in [0.3, 0.4) is 0 Å². The summed E-state index contributed by atoms with van der Waals surface area (Å²) in [5, 5.41) is 20.5. The molecular formula is C20H30O4. The van der Waals surface area contributed by atoms with E-state index < -0.39 is 18.4 Å². The van der Waals surface area contributed by atoms with Crippen LogP contribution in [0.5, 0.6) is 0 Å². The SMILES string of the molecule is CC1=CC[C@H]2C(C)(C)CCC[C@]2(C)[C@H]1C[C@H](O)C1=CC(=O)OC1O. The van der Waals surface area contributed by atoms with Crippen molar-refractivity contribution in [1.29, 1.82) is 0 Å². The van der Waals surface area contributed by atoms with Crippen molar-refractivity contribution >= 4 is 5.97 Å². The number of ether oxygens (including phenoxy) is 1. The number of carbonyl (C=O) groups excluding carboxylic acids is 1. The van der Waals surface area contributed by atoms with Crippen molar-refractivity contribution in [2.75, 3.05) is 0 Å². The van der Waals surface area contributed by atoms with E-state index in [0.717, 1.165) is 6.42 Å². The minimum Gasteiger partial charge on any atom is -0.429 e. The molecular weight excluding hydrogens is 304 g/mol. The Hall–Kier alpha value is -1.13. The fourth-order valence-corrected chi connectivity index (χ4v) is 5.63. The smallest absolute Gasteiger partial charge is 0.333 e. The first-order chi connectivity index (χ1) is 11.1. The first-order valence-corrected chi connectivity index (χ1v) is 9.10. The number of hydrogen-bond donors (Lipinski definition) is 2. The molecule has 0 aromatic heterocycles. The second-order valence-electron chi connectivity index (χ2n) is 8.82. The van der Waals surface area contributed by atoms with Gasteiger partial charge in [0.1, 0.15) is 0 Å². The molecule has 1 aliphatic heterocycles. The average molecular weight is 334 g/mol. The highest BCUT2D eigenvalue weighted by molar-refractivity contribution is 5.85. The lowest BCUT2D eigenvalue weighted by Gasteiger charge is -2.57. The molecule has 1 fully saturated rings. The molecule has 5 atom stereocenters. The van der Waals surface area contributed by atoms with Gasteiger partial charge in [0.15, 0.2) is 0 Å². The summed E-state index contributed by atoms with van der Waals surface area (Å²) in [6.07, 6.45) is 6.70. The molecule has 0 aromatic rings. The van der Waals surface area contributed by atoms with Crippen molar-refractivity contribution < 1.29 is 19.7 Å². The molecule has 4 heteroatoms. The normalized spacial score (nSPS) is 39.6. The summed E-state index contributed by atoms with van der Waals surface area (Å²) in [6.45, 7) is 9.26. The molecule has 0 amide bonds. The third-order valence-electron chi connectivity index (χ3n) is 6.94. The average Bonchev–Trinajstić information content (AvgIpc) is 2.80. The van der Waals surface area contributed by atoms with Gasteiger partial charge in [0, 0.05) is 11.6 Å². The second kappa shape index (κ2) is 5.99. The first kappa shape index (κ1) is 17.7. The van der Waals surface area contributed by atoms with Crippen LogP contribution in [0.15, 0.2) is 23.3 Å². The van der Waals surface area contributed by atoms with Crippen LogP contribution < -0.4 is 0 Å². The Morgan fingerprint density at radius 1 is 1.33 bits per heavy atom. The van der Waals surface area contributed by atoms with E-state index in [2.05, 4.69) is 33.8 Å². The molecule has 3 aliphatic rings. The van der Waals surface area contributed by atoms with Gasteiger partial charge in [-0.2, -0.15) is 0 Å². The van der Waals surface area contributed by atoms with Gasteiger partial charge in [0.05, 0.1) is 6.10 Å². The molecule has 0 bridgehead atoms. The van der Waals surface area contributed by atoms with E-state index in [1.54, 1.807) is 0 Å². The topological polar surface area (TPSA) is 66.8 Å². The van der Waals surface area contributed by atoms with Gasteiger partial charge in [-0.3, -0.25) is 0 Å². The third-order valence-corrected chi connectivity index (χ3v) is 6.94. The van der Waals surface area contributed by atoms with E-state index in [0.29, 0.717) is 23.3 Å². The zero-order valence-corrected chi connectivity index (χ0v) is 15.2. The lowest BCUT2D eigenvalue weighted by Crippen LogP contribution is -2.49. The standard InChI is InChI=1S/C20H30O4/c1-12-6-7-16-19(2,3)8-5-9-20(16,4)14(12)11-15(21)13-10-17(22)24-18(13)23/h6,10,14-16,18,21,23H,5,7-9,11H2,1-4H3/t14-,15-,16-,18?,20+/m0/s1. The zero-order valence-electron chi connectivity index (χ0n) is 15.2. The van der Waals surface area contributed by atoms with Crippen molar-refractivity contribution in [3.63, 3.8) is 0 Å². The maximum atomic E-state index is 11.3. The summed E-state index contributed by atoms with van der Waals surface area (Å²) < 4.78 is 4.73. The Morgan fingerprint density at radius 2 is 2.04 bits per heavy atom. The number of aliphatic hydroxyl groups is 2. The van der Waals surface area contributed by atoms with Gasteiger partial charge in [0.25, 0.3) is 0 Å². The largest absolute Gasteiger partial charge is 0.429 e. The number of aliphatic hydroxyl groups excluding tert-OH is 2. The molecule has 2 N–H and O–H groups in total. The van der Waals surface area contributed by atoms with Crippen LogP contribution >= 0.6 is 0 Å². The number of esters is 1. The molecule has 0 saturated heterocycles. The molecule has 24 heavy (non-hydrogen) atoms. The van der Waals surface area contributed by atoms with Gasteiger partial charge < -0.3 is 14.9 Å². The van der Waals surface area contributed by atoms with Crippen molar-refractivity contribution in [3.8, 4) is 0 Å². The maximum Gasteiger partial charge on any atom is 0.333 e. The zero-order chi connectivity index (χ0) is 17.7. The van der Waals surface area contributed by atoms with E-state index in [4.69, 9.17) is 4.74 Å². The molecule has 3 rings (SSSR count). The van der Waals surface area contributed by atoms with E-state index >= 15 is 0 Å². The van der Waals surface area contributed by atoms with Gasteiger partial charge in [-0.15, -0.1) is 0 Å². The van der Waals surface area contributed by atoms with Crippen LogP contribution in [0, 0.1) is 22.7 Å². The maximum absolute atomic E-state index is 11.3. The fraction of sp³-hybridized carbons (Fsp3) is 0.750. The highest BCUT2D eigenvalue weighted by Gasteiger charge is 2.52. The van der Waals surface area contributed by atoms with Gasteiger partial charge in [-0.25, -0.2) is 4.79 Å². The summed E-state index contributed by atoms with van der Waals surface area (Å²) in [5.74, 6) is 0.282. The molecule has 4 nitrogen and oxygen atoms in total. The van der Waals surface area contributed by atoms with Crippen molar-refractivity contribution in [2.24, 2.45) is 22.7 Å². The van der Waals surface area contributed by atoms with Crippen LogP contribution in [0.1, 0.15) is 59.8 Å². The molecule has 1 saturated carbocycles. The van der Waals surface area contributed by atoms with Gasteiger partial charge in [-0.1, -0.05) is 38.8 Å². The number of rotatable bonds is 3. The van der Waals surface area contributed by atoms with Gasteiger partial charge in [-0.05, 0) is 55.3 Å². The lowest BCUT2D eigenvalue weighted by atomic mass is 9.48. The minimum absolute atomic E-state index is 0.149. The van der Waals surface area contributed by atoms with Crippen LogP contribution in [-0.2, 0) is 9.53 Å². The quantitative estimate of drug-likeness (QED) is 0.614. The summed E-state index contributed by atoms with van der Waals surface area (Å²) in [7, 11) is 0. The number of cyclic esters (lactones) is 1. The predicted molar refractivity (Wildman–Crippen MR) is 91.9 cm³/mol. The predicted octanol–water partition coefficient (Wildman–Crippen LogP) is 3.34. The molecule has 0 radical (unpaired) electrons. The Bertz CT molecular complexity index is 588. The molecule has 2 aliphatic carbocycles. The second-order valence-corrected chi connectivity index (χ2v) is 8.82. The highest BCUT2D eigenvalue weighted by atomic mass is 16.6. The molecule has 1 unspecified atom stereocenters. The number of carbonyl (C=O) groups is 1. The van der Waals surface area contributed by atoms with Crippen molar-refractivity contribution in [1.82, 2.24) is 0 Å². The third kappa shape index (κ3) is 2.84. The monoisotopic (exact) mass is 334 g/mol. The van der Waals surface area contributed by atoms with E-state index in [1.165, 1.54) is 30.9 Å². The fourth-order valence-electron chi connectivity index (χ4n) is 5.63. The molecule has 0 aromatic carbocycles. The van der Waals surface area contributed by atoms with Crippen molar-refractivity contribution in [3.05, 3.63) is 23.3 Å². The number of allylic oxidation sites excluding steroid dienone is 2. The lowest BCUT2D eigenvalue weighted by molar-refractivity contribution is -0.152. The summed E-state index contributed by atoms with van der Waals surface area (Å²) >= 11 is 0. The summed E-state index contributed by atoms with van der Waals surface area (Å²) in [4.78, 5) is 11.3. The Morgan fingerprint density at radius 3 is 2.67 bits per heavy atom. The molecule has 1 heterocycles. The van der Waals surface area contributed by atoms with Crippen molar-refractivity contribution in [2.45, 2.75) is 72.2 Å².